The Hall–Kier alpha value is -1.75. The average Bonchev–Trinajstić information content (AvgIpc) is 3.01. The van der Waals surface area contributed by atoms with E-state index in [2.05, 4.69) is 4.74 Å². The van der Waals surface area contributed by atoms with Crippen molar-refractivity contribution in [3.8, 4) is 11.5 Å². The number of phenolic OH excluding ortho intramolecular Hbond substituents is 2. The molecule has 1 aromatic carbocycles. The molecule has 2 atom stereocenters. The van der Waals surface area contributed by atoms with Crippen LogP contribution < -0.4 is 0 Å². The molecule has 0 amide bonds. The quantitative estimate of drug-likeness (QED) is 0.427. The van der Waals surface area contributed by atoms with E-state index in [1.54, 1.807) is 6.07 Å². The maximum absolute atomic E-state index is 11.1. The number of phenols is 2. The predicted octanol–water partition coefficient (Wildman–Crippen LogP) is 0.711. The highest BCUT2D eigenvalue weighted by atomic mass is 16.6. The number of hydrogen-bond donors (Lipinski definition) is 2. The summed E-state index contributed by atoms with van der Waals surface area (Å²) in [5.41, 5.74) is 0.640. The fourth-order valence-corrected chi connectivity index (χ4v) is 1.38. The van der Waals surface area contributed by atoms with Gasteiger partial charge in [-0.15, -0.1) is 0 Å². The molecule has 1 fully saturated rings. The molecule has 0 spiro atoms. The number of epoxide rings is 1. The zero-order valence-corrected chi connectivity index (χ0v) is 8.01. The smallest absolute Gasteiger partial charge is 0.338 e. The first-order valence-corrected chi connectivity index (χ1v) is 4.38. The van der Waals surface area contributed by atoms with Gasteiger partial charge in [-0.2, -0.15) is 0 Å². The first kappa shape index (κ1) is 9.79. The Morgan fingerprint density at radius 2 is 2.13 bits per heavy atom. The Kier molecular flexibility index (Phi) is 2.24. The summed E-state index contributed by atoms with van der Waals surface area (Å²) >= 11 is 0. The highest BCUT2D eigenvalue weighted by molar-refractivity contribution is 5.78. The largest absolute Gasteiger partial charge is 0.504 e. The minimum atomic E-state index is -0.598. The highest BCUT2D eigenvalue weighted by Crippen LogP contribution is 2.41. The van der Waals surface area contributed by atoms with E-state index < -0.39 is 12.1 Å². The van der Waals surface area contributed by atoms with Crippen LogP contribution >= 0.6 is 0 Å². The fourth-order valence-electron chi connectivity index (χ4n) is 1.38. The summed E-state index contributed by atoms with van der Waals surface area (Å²) in [5.74, 6) is -0.867. The number of aromatic hydroxyl groups is 2. The molecule has 1 aromatic rings. The Bertz CT molecular complexity index is 401. The molecule has 2 N–H and O–H groups in total. The molecule has 0 aliphatic carbocycles. The lowest BCUT2D eigenvalue weighted by Gasteiger charge is -1.99. The van der Waals surface area contributed by atoms with Crippen LogP contribution in [0.15, 0.2) is 18.2 Å². The number of hydrogen-bond acceptors (Lipinski definition) is 5. The Morgan fingerprint density at radius 1 is 1.40 bits per heavy atom. The van der Waals surface area contributed by atoms with Gasteiger partial charge in [0, 0.05) is 0 Å². The topological polar surface area (TPSA) is 79.3 Å². The molecule has 1 aliphatic rings. The SMILES string of the molecule is COC(=O)C1OC1c1ccc(O)c(O)c1. The van der Waals surface area contributed by atoms with E-state index >= 15 is 0 Å². The summed E-state index contributed by atoms with van der Waals surface area (Å²) in [6.07, 6.45) is -0.983. The molecule has 2 unspecified atom stereocenters. The number of carbonyl (C=O) groups is 1. The molecule has 5 nitrogen and oxygen atoms in total. The van der Waals surface area contributed by atoms with Crippen molar-refractivity contribution in [3.05, 3.63) is 23.8 Å². The molecule has 0 saturated carbocycles. The maximum Gasteiger partial charge on any atom is 0.338 e. The number of methoxy groups -OCH3 is 1. The van der Waals surface area contributed by atoms with Crippen LogP contribution in [0.5, 0.6) is 11.5 Å². The van der Waals surface area contributed by atoms with Gasteiger partial charge in [0.15, 0.2) is 17.6 Å². The van der Waals surface area contributed by atoms with Crippen LogP contribution in [-0.2, 0) is 14.3 Å². The summed E-state index contributed by atoms with van der Waals surface area (Å²) in [6, 6.07) is 4.30. The zero-order chi connectivity index (χ0) is 11.0. The molecular formula is C10H10O5. The van der Waals surface area contributed by atoms with Crippen LogP contribution in [0.4, 0.5) is 0 Å². The third-order valence-corrected chi connectivity index (χ3v) is 2.25. The van der Waals surface area contributed by atoms with Gasteiger partial charge >= 0.3 is 5.97 Å². The Labute approximate surface area is 85.9 Å². The van der Waals surface area contributed by atoms with Crippen molar-refractivity contribution < 1.29 is 24.5 Å². The normalized spacial score (nSPS) is 23.5. The first-order valence-electron chi connectivity index (χ1n) is 4.38. The van der Waals surface area contributed by atoms with Gasteiger partial charge in [0.05, 0.1) is 7.11 Å². The molecule has 1 aliphatic heterocycles. The lowest BCUT2D eigenvalue weighted by atomic mass is 10.1. The summed E-state index contributed by atoms with van der Waals surface area (Å²) < 4.78 is 9.59. The van der Waals surface area contributed by atoms with Crippen LogP contribution in [0.25, 0.3) is 0 Å². The number of benzene rings is 1. The van der Waals surface area contributed by atoms with E-state index in [-0.39, 0.29) is 17.6 Å². The van der Waals surface area contributed by atoms with Crippen molar-refractivity contribution in [1.29, 1.82) is 0 Å². The summed E-state index contributed by atoms with van der Waals surface area (Å²) in [5, 5.41) is 18.3. The third-order valence-electron chi connectivity index (χ3n) is 2.25. The van der Waals surface area contributed by atoms with Gasteiger partial charge in [0.2, 0.25) is 0 Å². The molecular weight excluding hydrogens is 200 g/mol. The van der Waals surface area contributed by atoms with Crippen LogP contribution in [-0.4, -0.2) is 29.4 Å². The number of ether oxygens (including phenoxy) is 2. The summed E-state index contributed by atoms with van der Waals surface area (Å²) in [7, 11) is 1.29. The van der Waals surface area contributed by atoms with Gasteiger partial charge in [0.1, 0.15) is 6.10 Å². The monoisotopic (exact) mass is 210 g/mol. The average molecular weight is 210 g/mol. The van der Waals surface area contributed by atoms with Gasteiger partial charge in [-0.1, -0.05) is 6.07 Å². The maximum atomic E-state index is 11.1. The lowest BCUT2D eigenvalue weighted by Crippen LogP contribution is -2.09. The Morgan fingerprint density at radius 3 is 2.73 bits per heavy atom. The van der Waals surface area contributed by atoms with E-state index in [0.29, 0.717) is 5.56 Å². The molecule has 0 aromatic heterocycles. The number of carbonyl (C=O) groups excluding carboxylic acids is 1. The second-order valence-electron chi connectivity index (χ2n) is 3.25. The standard InChI is InChI=1S/C10H10O5/c1-14-10(13)9-8(15-9)5-2-3-6(11)7(12)4-5/h2-4,8-9,11-12H,1H3. The van der Waals surface area contributed by atoms with Crippen molar-refractivity contribution in [2.24, 2.45) is 0 Å². The van der Waals surface area contributed by atoms with Crippen LogP contribution in [0.2, 0.25) is 0 Å². The van der Waals surface area contributed by atoms with E-state index in [0.717, 1.165) is 0 Å². The fraction of sp³-hybridized carbons (Fsp3) is 0.300. The lowest BCUT2D eigenvalue weighted by molar-refractivity contribution is -0.142. The summed E-state index contributed by atoms with van der Waals surface area (Å²) in [6.45, 7) is 0. The molecule has 0 radical (unpaired) electrons. The molecule has 1 heterocycles. The van der Waals surface area contributed by atoms with E-state index in [4.69, 9.17) is 9.84 Å². The minimum Gasteiger partial charge on any atom is -0.504 e. The second-order valence-corrected chi connectivity index (χ2v) is 3.25. The molecule has 5 heteroatoms. The molecule has 80 valence electrons. The summed E-state index contributed by atoms with van der Waals surface area (Å²) in [4.78, 5) is 11.1. The van der Waals surface area contributed by atoms with Gasteiger partial charge in [0.25, 0.3) is 0 Å². The second kappa shape index (κ2) is 3.43. The van der Waals surface area contributed by atoms with Gasteiger partial charge in [-0.3, -0.25) is 0 Å². The van der Waals surface area contributed by atoms with Crippen molar-refractivity contribution >= 4 is 5.97 Å². The van der Waals surface area contributed by atoms with Crippen molar-refractivity contribution in [2.75, 3.05) is 7.11 Å². The predicted molar refractivity (Wildman–Crippen MR) is 49.4 cm³/mol. The van der Waals surface area contributed by atoms with Gasteiger partial charge in [-0.25, -0.2) is 4.79 Å². The third kappa shape index (κ3) is 1.73. The highest BCUT2D eigenvalue weighted by Gasteiger charge is 2.47. The van der Waals surface area contributed by atoms with Crippen LogP contribution in [0, 0.1) is 0 Å². The van der Waals surface area contributed by atoms with E-state index in [1.165, 1.54) is 19.2 Å². The van der Waals surface area contributed by atoms with E-state index in [9.17, 15) is 9.90 Å². The van der Waals surface area contributed by atoms with Gasteiger partial charge < -0.3 is 19.7 Å². The van der Waals surface area contributed by atoms with Crippen molar-refractivity contribution in [1.82, 2.24) is 0 Å². The van der Waals surface area contributed by atoms with Crippen LogP contribution in [0.3, 0.4) is 0 Å². The van der Waals surface area contributed by atoms with Crippen LogP contribution in [0.1, 0.15) is 11.7 Å². The molecule has 2 rings (SSSR count). The van der Waals surface area contributed by atoms with E-state index in [1.807, 2.05) is 0 Å². The van der Waals surface area contributed by atoms with Crippen molar-refractivity contribution in [3.63, 3.8) is 0 Å². The molecule has 15 heavy (non-hydrogen) atoms. The number of rotatable bonds is 2. The van der Waals surface area contributed by atoms with Gasteiger partial charge in [-0.05, 0) is 17.7 Å². The molecule has 0 bridgehead atoms. The molecule has 1 saturated heterocycles. The number of esters is 1. The van der Waals surface area contributed by atoms with Crippen molar-refractivity contribution in [2.45, 2.75) is 12.2 Å². The minimum absolute atomic E-state index is 0.200. The Balaban J connectivity index is 2.13. The first-order chi connectivity index (χ1) is 7.13. The zero-order valence-electron chi connectivity index (χ0n) is 8.01.